The molecule has 0 fully saturated rings. The number of rotatable bonds is 9. The van der Waals surface area contributed by atoms with Crippen LogP contribution in [0.25, 0.3) is 11.1 Å². The molecular weight excluding hydrogens is 378 g/mol. The van der Waals surface area contributed by atoms with Crippen molar-refractivity contribution in [2.45, 2.75) is 19.9 Å². The maximum Gasteiger partial charge on any atom is 0.419 e. The average molecular weight is 399 g/mol. The lowest BCUT2D eigenvalue weighted by Crippen LogP contribution is -2.18. The number of hydrogen-bond acceptors (Lipinski definition) is 7. The Morgan fingerprint density at radius 2 is 1.90 bits per heavy atom. The Morgan fingerprint density at radius 3 is 2.66 bits per heavy atom. The molecule has 0 aliphatic carbocycles. The van der Waals surface area contributed by atoms with Gasteiger partial charge in [0.1, 0.15) is 0 Å². The predicted octanol–water partition coefficient (Wildman–Crippen LogP) is 2.82. The molecule has 0 unspecified atom stereocenters. The molecule has 2 aromatic carbocycles. The first-order chi connectivity index (χ1) is 14.0. The zero-order valence-corrected chi connectivity index (χ0v) is 16.2. The summed E-state index contributed by atoms with van der Waals surface area (Å²) in [4.78, 5) is 35.2. The van der Waals surface area contributed by atoms with Crippen molar-refractivity contribution in [3.63, 3.8) is 0 Å². The lowest BCUT2D eigenvalue weighted by atomic mass is 10.1. The smallest absolute Gasteiger partial charge is 0.419 e. The van der Waals surface area contributed by atoms with Gasteiger partial charge in [0.15, 0.2) is 29.5 Å². The number of aromatic nitrogens is 1. The van der Waals surface area contributed by atoms with Crippen molar-refractivity contribution < 1.29 is 28.2 Å². The number of benzene rings is 2. The van der Waals surface area contributed by atoms with E-state index in [1.165, 1.54) is 18.6 Å². The zero-order valence-electron chi connectivity index (χ0n) is 16.2. The molecule has 0 amide bonds. The van der Waals surface area contributed by atoms with Gasteiger partial charge in [0.05, 0.1) is 19.2 Å². The van der Waals surface area contributed by atoms with Gasteiger partial charge in [-0.1, -0.05) is 12.1 Å². The summed E-state index contributed by atoms with van der Waals surface area (Å²) in [7, 11) is 1.45. The average Bonchev–Trinajstić information content (AvgIpc) is 3.04. The highest BCUT2D eigenvalue weighted by molar-refractivity contribution is 5.94. The van der Waals surface area contributed by atoms with Crippen LogP contribution >= 0.6 is 0 Å². The van der Waals surface area contributed by atoms with Crippen molar-refractivity contribution in [3.8, 4) is 11.5 Å². The zero-order chi connectivity index (χ0) is 20.8. The first-order valence-electron chi connectivity index (χ1n) is 9.05. The van der Waals surface area contributed by atoms with Crippen LogP contribution in [0.3, 0.4) is 0 Å². The van der Waals surface area contributed by atoms with Gasteiger partial charge in [0.25, 0.3) is 0 Å². The van der Waals surface area contributed by atoms with Crippen LogP contribution in [-0.2, 0) is 16.1 Å². The van der Waals surface area contributed by atoms with Crippen LogP contribution in [0, 0.1) is 0 Å². The number of ketones is 1. The van der Waals surface area contributed by atoms with Crippen molar-refractivity contribution in [3.05, 3.63) is 58.6 Å². The Kier molecular flexibility index (Phi) is 6.33. The molecule has 8 heteroatoms. The monoisotopic (exact) mass is 399 g/mol. The fourth-order valence-corrected chi connectivity index (χ4v) is 2.82. The minimum Gasteiger partial charge on any atom is -0.493 e. The van der Waals surface area contributed by atoms with E-state index in [9.17, 15) is 14.4 Å². The molecule has 0 N–H and O–H groups in total. The third-order valence-corrected chi connectivity index (χ3v) is 4.28. The van der Waals surface area contributed by atoms with E-state index in [1.54, 1.807) is 36.4 Å². The van der Waals surface area contributed by atoms with E-state index in [4.69, 9.17) is 18.6 Å². The fraction of sp³-hybridized carbons (Fsp3) is 0.286. The second kappa shape index (κ2) is 9.09. The molecule has 8 nitrogen and oxygen atoms in total. The summed E-state index contributed by atoms with van der Waals surface area (Å²) in [5.41, 5.74) is 1.71. The normalized spacial score (nSPS) is 10.7. The van der Waals surface area contributed by atoms with E-state index in [1.807, 2.05) is 6.07 Å². The molecule has 0 saturated carbocycles. The topological polar surface area (TPSA) is 97.0 Å². The van der Waals surface area contributed by atoms with Gasteiger partial charge in [-0.25, -0.2) is 9.59 Å². The highest BCUT2D eigenvalue weighted by Gasteiger charge is 2.12. The number of carbonyl (C=O) groups excluding carboxylic acids is 2. The highest BCUT2D eigenvalue weighted by atomic mass is 16.6. The molecule has 1 heterocycles. The molecule has 0 bridgehead atoms. The molecule has 3 rings (SSSR count). The number of fused-ring (bicyclic) bond motifs is 1. The highest BCUT2D eigenvalue weighted by Crippen LogP contribution is 2.28. The molecule has 1 aromatic heterocycles. The van der Waals surface area contributed by atoms with Gasteiger partial charge < -0.3 is 18.6 Å². The summed E-state index contributed by atoms with van der Waals surface area (Å²) in [6, 6.07) is 11.9. The molecule has 29 heavy (non-hydrogen) atoms. The summed E-state index contributed by atoms with van der Waals surface area (Å²) in [6.07, 6.45) is 0.450. The van der Waals surface area contributed by atoms with Crippen LogP contribution < -0.4 is 15.2 Å². The number of ether oxygens (including phenoxy) is 3. The number of carbonyl (C=O) groups is 2. The third-order valence-electron chi connectivity index (χ3n) is 4.28. The van der Waals surface area contributed by atoms with Gasteiger partial charge in [-0.2, -0.15) is 0 Å². The van der Waals surface area contributed by atoms with E-state index in [0.29, 0.717) is 41.1 Å². The van der Waals surface area contributed by atoms with Crippen LogP contribution in [0.1, 0.15) is 23.7 Å². The molecular formula is C21H21NO7. The summed E-state index contributed by atoms with van der Waals surface area (Å²) in [6.45, 7) is 1.65. The second-order valence-corrected chi connectivity index (χ2v) is 6.27. The van der Waals surface area contributed by atoms with Crippen molar-refractivity contribution in [2.24, 2.45) is 0 Å². The first-order valence-corrected chi connectivity index (χ1v) is 9.05. The molecule has 0 radical (unpaired) electrons. The van der Waals surface area contributed by atoms with Crippen molar-refractivity contribution >= 4 is 22.9 Å². The quantitative estimate of drug-likeness (QED) is 0.310. The lowest BCUT2D eigenvalue weighted by molar-refractivity contribution is -0.146. The molecule has 0 spiro atoms. The van der Waals surface area contributed by atoms with Crippen LogP contribution in [0.4, 0.5) is 0 Å². The van der Waals surface area contributed by atoms with Gasteiger partial charge in [-0.15, -0.1) is 0 Å². The van der Waals surface area contributed by atoms with Crippen molar-refractivity contribution in [2.75, 3.05) is 20.3 Å². The second-order valence-electron chi connectivity index (χ2n) is 6.27. The maximum atomic E-state index is 11.9. The Balaban J connectivity index is 1.47. The van der Waals surface area contributed by atoms with Crippen LogP contribution in [0.5, 0.6) is 11.5 Å². The molecule has 0 aliphatic rings. The third kappa shape index (κ3) is 4.84. The van der Waals surface area contributed by atoms with Crippen LogP contribution in [0.15, 0.2) is 51.7 Å². The number of aryl methyl sites for hydroxylation is 1. The number of hydrogen-bond donors (Lipinski definition) is 0. The number of oxazole rings is 1. The molecule has 0 aliphatic heterocycles. The number of methoxy groups -OCH3 is 1. The van der Waals surface area contributed by atoms with E-state index < -0.39 is 11.7 Å². The van der Waals surface area contributed by atoms with Crippen LogP contribution in [0.2, 0.25) is 0 Å². The van der Waals surface area contributed by atoms with Gasteiger partial charge >= 0.3 is 11.7 Å². The maximum absolute atomic E-state index is 11.9. The SMILES string of the molecule is COc1cc(C(C)=O)ccc1OCC(=O)OCCCn1c(=O)oc2ccccc21. The van der Waals surface area contributed by atoms with Gasteiger partial charge in [0.2, 0.25) is 0 Å². The van der Waals surface area contributed by atoms with Gasteiger partial charge in [-0.05, 0) is 43.7 Å². The number of esters is 1. The standard InChI is InChI=1S/C21H21NO7/c1-14(23)15-8-9-18(19(12-15)26-2)28-13-20(24)27-11-5-10-22-16-6-3-4-7-17(16)29-21(22)25/h3-4,6-9,12H,5,10-11,13H2,1-2H3. The lowest BCUT2D eigenvalue weighted by Gasteiger charge is -2.11. The minimum atomic E-state index is -0.549. The molecule has 0 atom stereocenters. The predicted molar refractivity (Wildman–Crippen MR) is 105 cm³/mol. The Morgan fingerprint density at radius 1 is 1.10 bits per heavy atom. The largest absolute Gasteiger partial charge is 0.493 e. The minimum absolute atomic E-state index is 0.0984. The first kappa shape index (κ1) is 20.2. The number of para-hydroxylation sites is 2. The Bertz CT molecular complexity index is 1080. The Labute approximate surface area is 166 Å². The molecule has 0 saturated heterocycles. The molecule has 3 aromatic rings. The van der Waals surface area contributed by atoms with Crippen molar-refractivity contribution in [1.82, 2.24) is 4.57 Å². The van der Waals surface area contributed by atoms with Crippen LogP contribution in [-0.4, -0.2) is 36.6 Å². The fourth-order valence-electron chi connectivity index (χ4n) is 2.82. The van der Waals surface area contributed by atoms with Gasteiger partial charge in [-0.3, -0.25) is 9.36 Å². The van der Waals surface area contributed by atoms with Gasteiger partial charge in [0, 0.05) is 12.1 Å². The van der Waals surface area contributed by atoms with E-state index in [0.717, 1.165) is 0 Å². The Hall–Kier alpha value is -3.55. The summed E-state index contributed by atoms with van der Waals surface area (Å²) in [5, 5.41) is 0. The molecule has 152 valence electrons. The van der Waals surface area contributed by atoms with E-state index in [-0.39, 0.29) is 19.0 Å². The van der Waals surface area contributed by atoms with Crippen molar-refractivity contribution in [1.29, 1.82) is 0 Å². The number of nitrogens with zero attached hydrogens (tertiary/aromatic N) is 1. The van der Waals surface area contributed by atoms with E-state index >= 15 is 0 Å². The summed E-state index contributed by atoms with van der Waals surface area (Å²) >= 11 is 0. The summed E-state index contributed by atoms with van der Waals surface area (Å²) in [5.74, 6) is -0.393. The summed E-state index contributed by atoms with van der Waals surface area (Å²) < 4.78 is 22.4. The number of Topliss-reactive ketones (excluding diaryl/α,β-unsaturated/α-hetero) is 1. The van der Waals surface area contributed by atoms with E-state index in [2.05, 4.69) is 0 Å².